The molecule has 0 saturated heterocycles. The second-order valence-electron chi connectivity index (χ2n) is 8.26. The van der Waals surface area contributed by atoms with Gasteiger partial charge in [0.1, 0.15) is 17.5 Å². The molecule has 0 radical (unpaired) electrons. The van der Waals surface area contributed by atoms with Crippen molar-refractivity contribution in [3.8, 4) is 0 Å². The summed E-state index contributed by atoms with van der Waals surface area (Å²) < 4.78 is 42.0. The molecule has 2 heterocycles. The molecule has 0 aliphatic carbocycles. The molecule has 34 heavy (non-hydrogen) atoms. The lowest BCUT2D eigenvalue weighted by atomic mass is 9.96. The number of nitrogens with zero attached hydrogens (tertiary/aromatic N) is 5. The predicted octanol–water partition coefficient (Wildman–Crippen LogP) is 5.02. The molecule has 1 aliphatic rings. The standard InChI is InChI=1S/C26H22F3N5/c27-22-7-1-18(2-8-22)17-34-26(30-31-32-34)25(21-5-11-24(29)12-6-21)33-15-13-20(14-16-33)19-3-9-23(28)10-4-19/h1-13,25H,14-17H2/t25-/m0/s1. The number of hydrogen-bond donors (Lipinski definition) is 0. The molecule has 8 heteroatoms. The summed E-state index contributed by atoms with van der Waals surface area (Å²) in [5, 5.41) is 12.4. The van der Waals surface area contributed by atoms with Crippen LogP contribution in [0.4, 0.5) is 13.2 Å². The molecular weight excluding hydrogens is 439 g/mol. The van der Waals surface area contributed by atoms with E-state index in [1.54, 1.807) is 41.1 Å². The van der Waals surface area contributed by atoms with Gasteiger partial charge in [-0.3, -0.25) is 4.90 Å². The highest BCUT2D eigenvalue weighted by atomic mass is 19.1. The van der Waals surface area contributed by atoms with Crippen LogP contribution < -0.4 is 0 Å². The number of benzene rings is 3. The molecule has 0 unspecified atom stereocenters. The van der Waals surface area contributed by atoms with E-state index in [4.69, 9.17) is 0 Å². The van der Waals surface area contributed by atoms with Gasteiger partial charge in [-0.15, -0.1) is 5.10 Å². The van der Waals surface area contributed by atoms with Crippen molar-refractivity contribution in [1.82, 2.24) is 25.1 Å². The lowest BCUT2D eigenvalue weighted by Gasteiger charge is -2.33. The molecule has 1 atom stereocenters. The lowest BCUT2D eigenvalue weighted by Crippen LogP contribution is -2.35. The SMILES string of the molecule is Fc1ccc(Cn2nnnc2[C@H](c2ccc(F)cc2)N2CC=C(c3ccc(F)cc3)CC2)cc1. The van der Waals surface area contributed by atoms with E-state index >= 15 is 0 Å². The van der Waals surface area contributed by atoms with Gasteiger partial charge in [0.05, 0.1) is 12.6 Å². The predicted molar refractivity (Wildman–Crippen MR) is 122 cm³/mol. The second-order valence-corrected chi connectivity index (χ2v) is 8.26. The molecule has 3 aromatic carbocycles. The van der Waals surface area contributed by atoms with Crippen LogP contribution in [-0.2, 0) is 6.54 Å². The van der Waals surface area contributed by atoms with Crippen LogP contribution in [0.25, 0.3) is 5.57 Å². The van der Waals surface area contributed by atoms with Crippen LogP contribution >= 0.6 is 0 Å². The molecule has 1 aliphatic heterocycles. The molecule has 0 amide bonds. The summed E-state index contributed by atoms with van der Waals surface area (Å²) in [5.74, 6) is -0.256. The zero-order chi connectivity index (χ0) is 23.5. The van der Waals surface area contributed by atoms with Crippen molar-refractivity contribution in [3.05, 3.63) is 119 Å². The van der Waals surface area contributed by atoms with Crippen LogP contribution in [0.5, 0.6) is 0 Å². The quantitative estimate of drug-likeness (QED) is 0.405. The van der Waals surface area contributed by atoms with Gasteiger partial charge in [0.15, 0.2) is 5.82 Å². The fraction of sp³-hybridized carbons (Fsp3) is 0.192. The van der Waals surface area contributed by atoms with Crippen molar-refractivity contribution in [1.29, 1.82) is 0 Å². The van der Waals surface area contributed by atoms with E-state index in [1.807, 2.05) is 0 Å². The van der Waals surface area contributed by atoms with Crippen molar-refractivity contribution in [2.45, 2.75) is 19.0 Å². The van der Waals surface area contributed by atoms with E-state index in [0.717, 1.165) is 28.7 Å². The van der Waals surface area contributed by atoms with Crippen molar-refractivity contribution in [3.63, 3.8) is 0 Å². The van der Waals surface area contributed by atoms with Gasteiger partial charge in [-0.25, -0.2) is 17.9 Å². The topological polar surface area (TPSA) is 46.8 Å². The minimum atomic E-state index is -0.314. The molecule has 0 N–H and O–H groups in total. The first kappa shape index (κ1) is 22.0. The van der Waals surface area contributed by atoms with E-state index in [1.165, 1.54) is 36.4 Å². The van der Waals surface area contributed by atoms with Crippen LogP contribution in [0.3, 0.4) is 0 Å². The third kappa shape index (κ3) is 4.77. The van der Waals surface area contributed by atoms with Gasteiger partial charge >= 0.3 is 0 Å². The minimum Gasteiger partial charge on any atom is -0.286 e. The highest BCUT2D eigenvalue weighted by Crippen LogP contribution is 2.32. The molecule has 172 valence electrons. The average molecular weight is 461 g/mol. The smallest absolute Gasteiger partial charge is 0.173 e. The first-order chi connectivity index (χ1) is 16.6. The zero-order valence-corrected chi connectivity index (χ0v) is 18.3. The Morgan fingerprint density at radius 1 is 0.794 bits per heavy atom. The number of rotatable bonds is 6. The Morgan fingerprint density at radius 2 is 1.41 bits per heavy atom. The Balaban J connectivity index is 1.46. The van der Waals surface area contributed by atoms with E-state index in [0.29, 0.717) is 25.5 Å². The molecule has 0 spiro atoms. The zero-order valence-electron chi connectivity index (χ0n) is 18.3. The number of halogens is 3. The molecule has 4 aromatic rings. The Kier molecular flexibility index (Phi) is 6.22. The minimum absolute atomic E-state index is 0.258. The summed E-state index contributed by atoms with van der Waals surface area (Å²) in [6.45, 7) is 1.72. The van der Waals surface area contributed by atoms with Gasteiger partial charge in [0, 0.05) is 13.1 Å². The normalized spacial score (nSPS) is 15.2. The molecule has 5 rings (SSSR count). The largest absolute Gasteiger partial charge is 0.286 e. The van der Waals surface area contributed by atoms with Crippen molar-refractivity contribution in [2.24, 2.45) is 0 Å². The fourth-order valence-electron chi connectivity index (χ4n) is 4.30. The molecular formula is C26H22F3N5. The summed E-state index contributed by atoms with van der Waals surface area (Å²) in [4.78, 5) is 2.23. The van der Waals surface area contributed by atoms with E-state index in [9.17, 15) is 13.2 Å². The van der Waals surface area contributed by atoms with Crippen LogP contribution in [0.1, 0.15) is 35.0 Å². The third-order valence-corrected chi connectivity index (χ3v) is 6.06. The first-order valence-electron chi connectivity index (χ1n) is 11.0. The maximum absolute atomic E-state index is 13.7. The lowest BCUT2D eigenvalue weighted by molar-refractivity contribution is 0.235. The average Bonchev–Trinajstić information content (AvgIpc) is 3.30. The van der Waals surface area contributed by atoms with Crippen LogP contribution in [0.15, 0.2) is 78.9 Å². The van der Waals surface area contributed by atoms with Gasteiger partial charge < -0.3 is 0 Å². The third-order valence-electron chi connectivity index (χ3n) is 6.06. The van der Waals surface area contributed by atoms with Crippen LogP contribution in [-0.4, -0.2) is 38.2 Å². The Bertz CT molecular complexity index is 1280. The summed E-state index contributed by atoms with van der Waals surface area (Å²) in [7, 11) is 0. The highest BCUT2D eigenvalue weighted by molar-refractivity contribution is 5.66. The van der Waals surface area contributed by atoms with E-state index in [2.05, 4.69) is 26.5 Å². The van der Waals surface area contributed by atoms with Gasteiger partial charge in [-0.1, -0.05) is 42.5 Å². The van der Waals surface area contributed by atoms with Gasteiger partial charge in [0.25, 0.3) is 0 Å². The second kappa shape index (κ2) is 9.61. The van der Waals surface area contributed by atoms with Crippen molar-refractivity contribution >= 4 is 5.57 Å². The number of tetrazole rings is 1. The summed E-state index contributed by atoms with van der Waals surface area (Å²) in [6.07, 6.45) is 2.89. The monoisotopic (exact) mass is 461 g/mol. The summed E-state index contributed by atoms with van der Waals surface area (Å²) in [6, 6.07) is 18.8. The van der Waals surface area contributed by atoms with E-state index < -0.39 is 0 Å². The maximum Gasteiger partial charge on any atom is 0.173 e. The summed E-state index contributed by atoms with van der Waals surface area (Å²) in [5.41, 5.74) is 3.89. The number of hydrogen-bond acceptors (Lipinski definition) is 4. The number of aromatic nitrogens is 4. The first-order valence-corrected chi connectivity index (χ1v) is 11.0. The molecule has 0 saturated carbocycles. The molecule has 0 fully saturated rings. The fourth-order valence-corrected chi connectivity index (χ4v) is 4.30. The van der Waals surface area contributed by atoms with Crippen molar-refractivity contribution in [2.75, 3.05) is 13.1 Å². The Morgan fingerprint density at radius 3 is 2.03 bits per heavy atom. The Labute approximate surface area is 195 Å². The van der Waals surface area contributed by atoms with Gasteiger partial charge in [-0.2, -0.15) is 0 Å². The maximum atomic E-state index is 13.7. The highest BCUT2D eigenvalue weighted by Gasteiger charge is 2.29. The molecule has 5 nitrogen and oxygen atoms in total. The summed E-state index contributed by atoms with van der Waals surface area (Å²) >= 11 is 0. The van der Waals surface area contributed by atoms with Gasteiger partial charge in [-0.05, 0) is 75.5 Å². The van der Waals surface area contributed by atoms with Crippen molar-refractivity contribution < 1.29 is 13.2 Å². The van der Waals surface area contributed by atoms with E-state index in [-0.39, 0.29) is 23.5 Å². The van der Waals surface area contributed by atoms with Gasteiger partial charge in [0.2, 0.25) is 0 Å². The van der Waals surface area contributed by atoms with Crippen LogP contribution in [0, 0.1) is 17.5 Å². The molecule has 0 bridgehead atoms. The van der Waals surface area contributed by atoms with Crippen LogP contribution in [0.2, 0.25) is 0 Å². The molecule has 1 aromatic heterocycles. The Hall–Kier alpha value is -3.78.